The SMILES string of the molecule is O=C1NC(=S)S/C1=C\C=C\c1ccc(Br)cc1. The predicted molar refractivity (Wildman–Crippen MR) is 79.6 cm³/mol. The molecule has 1 heterocycles. The molecule has 5 heteroatoms. The van der Waals surface area contributed by atoms with Gasteiger partial charge in [-0.3, -0.25) is 4.79 Å². The van der Waals surface area contributed by atoms with Crippen LogP contribution in [0.3, 0.4) is 0 Å². The smallest absolute Gasteiger partial charge is 0.263 e. The van der Waals surface area contributed by atoms with Crippen molar-refractivity contribution in [2.24, 2.45) is 0 Å². The minimum Gasteiger partial charge on any atom is -0.307 e. The van der Waals surface area contributed by atoms with Crippen LogP contribution in [0.5, 0.6) is 0 Å². The Morgan fingerprint density at radius 2 is 2.00 bits per heavy atom. The highest BCUT2D eigenvalue weighted by atomic mass is 79.9. The van der Waals surface area contributed by atoms with Crippen LogP contribution in [0.4, 0.5) is 0 Å². The molecule has 1 aromatic carbocycles. The Bertz CT molecular complexity index is 520. The molecule has 86 valence electrons. The molecule has 0 atom stereocenters. The number of allylic oxidation sites excluding steroid dienone is 2. The number of hydrogen-bond acceptors (Lipinski definition) is 3. The predicted octanol–water partition coefficient (Wildman–Crippen LogP) is 3.49. The lowest BCUT2D eigenvalue weighted by Crippen LogP contribution is -2.17. The number of rotatable bonds is 2. The highest BCUT2D eigenvalue weighted by Gasteiger charge is 2.20. The number of thiocarbonyl (C=S) groups is 1. The Hall–Kier alpha value is -0.910. The fourth-order valence-corrected chi connectivity index (χ4v) is 2.52. The first kappa shape index (κ1) is 12.5. The van der Waals surface area contributed by atoms with E-state index in [1.165, 1.54) is 11.8 Å². The van der Waals surface area contributed by atoms with E-state index < -0.39 is 0 Å². The summed E-state index contributed by atoms with van der Waals surface area (Å²) in [6.45, 7) is 0. The van der Waals surface area contributed by atoms with Crippen molar-refractivity contribution in [2.45, 2.75) is 0 Å². The summed E-state index contributed by atoms with van der Waals surface area (Å²) in [5.41, 5.74) is 1.08. The highest BCUT2D eigenvalue weighted by molar-refractivity contribution is 9.10. The van der Waals surface area contributed by atoms with Gasteiger partial charge in [-0.1, -0.05) is 64.2 Å². The summed E-state index contributed by atoms with van der Waals surface area (Å²) < 4.78 is 1.56. The Morgan fingerprint density at radius 1 is 1.29 bits per heavy atom. The second-order valence-corrected chi connectivity index (χ2v) is 5.92. The van der Waals surface area contributed by atoms with Gasteiger partial charge in [-0.25, -0.2) is 0 Å². The minimum absolute atomic E-state index is 0.125. The van der Waals surface area contributed by atoms with E-state index in [1.807, 2.05) is 36.4 Å². The number of hydrogen-bond donors (Lipinski definition) is 1. The molecule has 0 spiro atoms. The van der Waals surface area contributed by atoms with Crippen molar-refractivity contribution in [3.05, 3.63) is 51.4 Å². The molecule has 2 nitrogen and oxygen atoms in total. The van der Waals surface area contributed by atoms with Crippen molar-refractivity contribution < 1.29 is 4.79 Å². The minimum atomic E-state index is -0.125. The molecule has 17 heavy (non-hydrogen) atoms. The maximum absolute atomic E-state index is 11.3. The van der Waals surface area contributed by atoms with Crippen LogP contribution in [-0.2, 0) is 4.79 Å². The van der Waals surface area contributed by atoms with Gasteiger partial charge in [0.05, 0.1) is 4.91 Å². The van der Waals surface area contributed by atoms with Gasteiger partial charge in [0.1, 0.15) is 4.32 Å². The van der Waals surface area contributed by atoms with Gasteiger partial charge in [0.15, 0.2) is 0 Å². The number of amides is 1. The average Bonchev–Trinajstić information content (AvgIpc) is 2.60. The number of thioether (sulfide) groups is 1. The zero-order valence-corrected chi connectivity index (χ0v) is 11.9. The first-order chi connectivity index (χ1) is 8.15. The van der Waals surface area contributed by atoms with E-state index >= 15 is 0 Å². The number of nitrogens with one attached hydrogen (secondary N) is 1. The number of halogens is 1. The van der Waals surface area contributed by atoms with E-state index in [2.05, 4.69) is 21.2 Å². The van der Waals surface area contributed by atoms with Crippen LogP contribution in [-0.4, -0.2) is 10.2 Å². The highest BCUT2D eigenvalue weighted by Crippen LogP contribution is 2.23. The van der Waals surface area contributed by atoms with E-state index in [0.29, 0.717) is 9.23 Å². The zero-order chi connectivity index (χ0) is 12.3. The first-order valence-corrected chi connectivity index (χ1v) is 6.84. The molecule has 1 amide bonds. The lowest BCUT2D eigenvalue weighted by atomic mass is 10.2. The van der Waals surface area contributed by atoms with Crippen molar-refractivity contribution >= 4 is 56.2 Å². The summed E-state index contributed by atoms with van der Waals surface area (Å²) in [4.78, 5) is 12.0. The average molecular weight is 326 g/mol. The van der Waals surface area contributed by atoms with E-state index in [9.17, 15) is 4.79 Å². The van der Waals surface area contributed by atoms with Crippen molar-refractivity contribution in [3.63, 3.8) is 0 Å². The first-order valence-electron chi connectivity index (χ1n) is 4.82. The quantitative estimate of drug-likeness (QED) is 0.666. The number of carbonyl (C=O) groups is 1. The number of carbonyl (C=O) groups excluding carboxylic acids is 1. The third-order valence-corrected chi connectivity index (χ3v) is 3.76. The molecule has 2 rings (SSSR count). The van der Waals surface area contributed by atoms with Crippen LogP contribution in [0.15, 0.2) is 45.8 Å². The molecule has 0 bridgehead atoms. The maximum atomic E-state index is 11.3. The van der Waals surface area contributed by atoms with Crippen molar-refractivity contribution in [2.75, 3.05) is 0 Å². The van der Waals surface area contributed by atoms with Gasteiger partial charge in [-0.15, -0.1) is 0 Å². The second kappa shape index (κ2) is 5.62. The maximum Gasteiger partial charge on any atom is 0.263 e. The van der Waals surface area contributed by atoms with Gasteiger partial charge in [0.25, 0.3) is 5.91 Å². The van der Waals surface area contributed by atoms with Gasteiger partial charge in [-0.2, -0.15) is 0 Å². The van der Waals surface area contributed by atoms with Crippen LogP contribution in [0.25, 0.3) is 6.08 Å². The fraction of sp³-hybridized carbons (Fsp3) is 0. The van der Waals surface area contributed by atoms with E-state index in [4.69, 9.17) is 12.2 Å². The summed E-state index contributed by atoms with van der Waals surface area (Å²) in [7, 11) is 0. The molecule has 0 saturated carbocycles. The van der Waals surface area contributed by atoms with E-state index in [-0.39, 0.29) is 5.91 Å². The Labute approximate surface area is 117 Å². The molecule has 1 N–H and O–H groups in total. The van der Waals surface area contributed by atoms with Crippen molar-refractivity contribution in [1.82, 2.24) is 5.32 Å². The van der Waals surface area contributed by atoms with Crippen LogP contribution in [0, 0.1) is 0 Å². The molecule has 1 fully saturated rings. The van der Waals surface area contributed by atoms with Crippen LogP contribution in [0.1, 0.15) is 5.56 Å². The molecular weight excluding hydrogens is 318 g/mol. The monoisotopic (exact) mass is 325 g/mol. The largest absolute Gasteiger partial charge is 0.307 e. The van der Waals surface area contributed by atoms with Gasteiger partial charge < -0.3 is 5.32 Å². The molecule has 0 unspecified atom stereocenters. The topological polar surface area (TPSA) is 29.1 Å². The summed E-state index contributed by atoms with van der Waals surface area (Å²) in [6.07, 6.45) is 5.55. The Balaban J connectivity index is 2.07. The van der Waals surface area contributed by atoms with Crippen LogP contribution in [0.2, 0.25) is 0 Å². The molecular formula is C12H8BrNOS2. The normalized spacial score (nSPS) is 18.1. The summed E-state index contributed by atoms with van der Waals surface area (Å²) >= 11 is 9.55. The summed E-state index contributed by atoms with van der Waals surface area (Å²) in [5.74, 6) is -0.125. The lowest BCUT2D eigenvalue weighted by Gasteiger charge is -1.92. The van der Waals surface area contributed by atoms with E-state index in [1.54, 1.807) is 6.08 Å². The molecule has 1 saturated heterocycles. The van der Waals surface area contributed by atoms with Crippen molar-refractivity contribution in [3.8, 4) is 0 Å². The van der Waals surface area contributed by atoms with Crippen LogP contribution < -0.4 is 5.32 Å². The van der Waals surface area contributed by atoms with Crippen molar-refractivity contribution in [1.29, 1.82) is 0 Å². The third-order valence-electron chi connectivity index (χ3n) is 2.05. The van der Waals surface area contributed by atoms with E-state index in [0.717, 1.165) is 10.0 Å². The van der Waals surface area contributed by atoms with Gasteiger partial charge in [0, 0.05) is 4.47 Å². The lowest BCUT2D eigenvalue weighted by molar-refractivity contribution is -0.115. The molecule has 1 aromatic rings. The second-order valence-electron chi connectivity index (χ2n) is 3.29. The molecule has 0 aromatic heterocycles. The summed E-state index contributed by atoms with van der Waals surface area (Å²) in [6, 6.07) is 7.93. The Morgan fingerprint density at radius 3 is 2.59 bits per heavy atom. The standard InChI is InChI=1S/C12H8BrNOS2/c13-9-6-4-8(5-7-9)2-1-3-10-11(15)14-12(16)17-10/h1-7H,(H,14,15,16)/b2-1+,10-3-. The summed E-state index contributed by atoms with van der Waals surface area (Å²) in [5, 5.41) is 2.57. The van der Waals surface area contributed by atoms with Gasteiger partial charge >= 0.3 is 0 Å². The van der Waals surface area contributed by atoms with Gasteiger partial charge in [0.2, 0.25) is 0 Å². The molecule has 1 aliphatic heterocycles. The Kier molecular flexibility index (Phi) is 4.15. The number of benzene rings is 1. The molecule has 0 aliphatic carbocycles. The zero-order valence-electron chi connectivity index (χ0n) is 8.64. The van der Waals surface area contributed by atoms with Gasteiger partial charge in [-0.05, 0) is 23.8 Å². The fourth-order valence-electron chi connectivity index (χ4n) is 1.26. The van der Waals surface area contributed by atoms with Crippen LogP contribution >= 0.6 is 39.9 Å². The molecule has 0 radical (unpaired) electrons. The third kappa shape index (κ3) is 3.52. The molecule has 1 aliphatic rings.